The minimum atomic E-state index is -0.223. The number of hydrogen-bond donors (Lipinski definition) is 0. The van der Waals surface area contributed by atoms with E-state index < -0.39 is 0 Å². The third kappa shape index (κ3) is 7.51. The van der Waals surface area contributed by atoms with Crippen molar-refractivity contribution in [3.05, 3.63) is 77.1 Å². The molecule has 1 aromatic heterocycles. The number of furan rings is 1. The molecule has 6 nitrogen and oxygen atoms in total. The normalized spacial score (nSPS) is 10.9. The molecule has 34 heavy (non-hydrogen) atoms. The van der Waals surface area contributed by atoms with Crippen LogP contribution in [-0.2, 0) is 16.1 Å². The van der Waals surface area contributed by atoms with Crippen molar-refractivity contribution in [1.29, 1.82) is 0 Å². The monoisotopic (exact) mass is 465 g/mol. The van der Waals surface area contributed by atoms with Gasteiger partial charge in [-0.3, -0.25) is 9.59 Å². The van der Waals surface area contributed by atoms with Crippen LogP contribution >= 0.6 is 0 Å². The van der Waals surface area contributed by atoms with Gasteiger partial charge in [-0.25, -0.2) is 0 Å². The predicted octanol–water partition coefficient (Wildman–Crippen LogP) is 6.32. The lowest BCUT2D eigenvalue weighted by atomic mass is 10.1. The molecule has 0 bridgehead atoms. The maximum absolute atomic E-state index is 13.0. The summed E-state index contributed by atoms with van der Waals surface area (Å²) in [7, 11) is 3.17. The fourth-order valence-corrected chi connectivity index (χ4v) is 3.41. The number of methoxy groups -OCH3 is 1. The number of hydrogen-bond acceptors (Lipinski definition) is 5. The fraction of sp³-hybridized carbons (Fsp3) is 0.357. The highest BCUT2D eigenvalue weighted by atomic mass is 16.5. The van der Waals surface area contributed by atoms with Gasteiger partial charge in [0, 0.05) is 36.5 Å². The number of benzene rings is 2. The summed E-state index contributed by atoms with van der Waals surface area (Å²) in [5.74, 6) is 1.25. The molecular weight excluding hydrogens is 430 g/mol. The summed E-state index contributed by atoms with van der Waals surface area (Å²) >= 11 is 0. The molecule has 0 aliphatic carbocycles. The van der Waals surface area contributed by atoms with Crippen molar-refractivity contribution in [1.82, 2.24) is 4.90 Å². The fourth-order valence-electron chi connectivity index (χ4n) is 3.41. The van der Waals surface area contributed by atoms with Crippen LogP contribution in [0.1, 0.15) is 55.3 Å². The Morgan fingerprint density at radius 3 is 2.53 bits per heavy atom. The van der Waals surface area contributed by atoms with E-state index in [4.69, 9.17) is 9.15 Å². The number of amides is 1. The van der Waals surface area contributed by atoms with Crippen LogP contribution in [0.5, 0.6) is 5.75 Å². The Balaban J connectivity index is 0.00000199. The van der Waals surface area contributed by atoms with Crippen LogP contribution in [0.2, 0.25) is 0 Å². The summed E-state index contributed by atoms with van der Waals surface area (Å²) in [6, 6.07) is 15.1. The number of allylic oxidation sites excluding steroid dienone is 1. The van der Waals surface area contributed by atoms with Gasteiger partial charge >= 0.3 is 5.97 Å². The second-order valence-corrected chi connectivity index (χ2v) is 7.82. The summed E-state index contributed by atoms with van der Waals surface area (Å²) in [6.07, 6.45) is 2.94. The van der Waals surface area contributed by atoms with Gasteiger partial charge in [-0.15, -0.1) is 0 Å². The molecule has 0 aliphatic rings. The Hall–Kier alpha value is -3.54. The van der Waals surface area contributed by atoms with E-state index in [9.17, 15) is 9.59 Å². The van der Waals surface area contributed by atoms with Gasteiger partial charge in [0.1, 0.15) is 23.7 Å². The van der Waals surface area contributed by atoms with Gasteiger partial charge in [-0.1, -0.05) is 37.6 Å². The molecule has 1 heterocycles. The first-order valence-corrected chi connectivity index (χ1v) is 11.6. The summed E-state index contributed by atoms with van der Waals surface area (Å²) in [4.78, 5) is 25.9. The minimum Gasteiger partial charge on any atom is -0.489 e. The molecular formula is C28H35NO5. The first kappa shape index (κ1) is 26.7. The molecule has 0 fully saturated rings. The van der Waals surface area contributed by atoms with E-state index in [2.05, 4.69) is 4.74 Å². The second kappa shape index (κ2) is 13.2. The topological polar surface area (TPSA) is 69.0 Å². The van der Waals surface area contributed by atoms with E-state index in [1.54, 1.807) is 18.0 Å². The number of nitrogens with zero attached hydrogens (tertiary/aromatic N) is 1. The molecule has 0 spiro atoms. The zero-order valence-electron chi connectivity index (χ0n) is 21.0. The van der Waals surface area contributed by atoms with Gasteiger partial charge in [-0.05, 0) is 56.7 Å². The maximum atomic E-state index is 13.0. The molecule has 0 aliphatic heterocycles. The van der Waals surface area contributed by atoms with Gasteiger partial charge in [0.2, 0.25) is 0 Å². The summed E-state index contributed by atoms with van der Waals surface area (Å²) in [6.45, 7) is 8.66. The Bertz CT molecular complexity index is 1130. The van der Waals surface area contributed by atoms with Crippen molar-refractivity contribution < 1.29 is 23.5 Å². The van der Waals surface area contributed by atoms with E-state index in [0.717, 1.165) is 33.6 Å². The summed E-state index contributed by atoms with van der Waals surface area (Å²) in [5, 5.41) is 0.917. The van der Waals surface area contributed by atoms with Gasteiger partial charge < -0.3 is 18.8 Å². The number of rotatable bonds is 9. The standard InChI is InChI=1S/C26H29NO5.C2H6/c1-18(9-12-25(28)30-4)13-14-31-23-8-6-5-7-21(23)17-27(3)26(29)20-10-11-24-22(16-20)15-19(2)32-24;1-2/h5-8,10-11,13,15-16H,9,12,14,17H2,1-4H3;1-2H3/b18-13+;. The van der Waals surface area contributed by atoms with Crippen LogP contribution in [0.15, 0.2) is 64.6 Å². The van der Waals surface area contributed by atoms with E-state index in [0.29, 0.717) is 31.6 Å². The highest BCUT2D eigenvalue weighted by Crippen LogP contribution is 2.23. The molecule has 0 saturated carbocycles. The van der Waals surface area contributed by atoms with Gasteiger partial charge in [0.15, 0.2) is 0 Å². The third-order valence-electron chi connectivity index (χ3n) is 5.24. The van der Waals surface area contributed by atoms with Crippen molar-refractivity contribution in [3.8, 4) is 5.75 Å². The van der Waals surface area contributed by atoms with E-state index in [1.165, 1.54) is 7.11 Å². The van der Waals surface area contributed by atoms with Crippen molar-refractivity contribution in [2.24, 2.45) is 0 Å². The lowest BCUT2D eigenvalue weighted by Crippen LogP contribution is -2.26. The van der Waals surface area contributed by atoms with Gasteiger partial charge in [0.25, 0.3) is 5.91 Å². The molecule has 1 amide bonds. The molecule has 182 valence electrons. The molecule has 0 N–H and O–H groups in total. The summed E-state index contributed by atoms with van der Waals surface area (Å²) < 4.78 is 16.2. The SMILES string of the molecule is CC.COC(=O)CC/C(C)=C/COc1ccccc1CN(C)C(=O)c1ccc2oc(C)cc2c1. The number of aryl methyl sites for hydroxylation is 1. The van der Waals surface area contributed by atoms with Crippen LogP contribution in [-0.4, -0.2) is 37.5 Å². The zero-order chi connectivity index (χ0) is 25.1. The van der Waals surface area contributed by atoms with Gasteiger partial charge in [-0.2, -0.15) is 0 Å². The van der Waals surface area contributed by atoms with Crippen molar-refractivity contribution in [3.63, 3.8) is 0 Å². The molecule has 6 heteroatoms. The first-order valence-electron chi connectivity index (χ1n) is 11.6. The van der Waals surface area contributed by atoms with Crippen LogP contribution < -0.4 is 4.74 Å². The maximum Gasteiger partial charge on any atom is 0.305 e. The molecule has 2 aromatic carbocycles. The van der Waals surface area contributed by atoms with Crippen LogP contribution in [0.4, 0.5) is 0 Å². The lowest BCUT2D eigenvalue weighted by Gasteiger charge is -2.19. The van der Waals surface area contributed by atoms with Crippen LogP contribution in [0.25, 0.3) is 11.0 Å². The van der Waals surface area contributed by atoms with Crippen molar-refractivity contribution >= 4 is 22.8 Å². The average Bonchev–Trinajstić information content (AvgIpc) is 3.23. The van der Waals surface area contributed by atoms with E-state index >= 15 is 0 Å². The predicted molar refractivity (Wildman–Crippen MR) is 135 cm³/mol. The molecule has 3 aromatic rings. The number of esters is 1. The highest BCUT2D eigenvalue weighted by molar-refractivity contribution is 5.97. The van der Waals surface area contributed by atoms with E-state index in [1.807, 2.05) is 76.2 Å². The van der Waals surface area contributed by atoms with Crippen molar-refractivity contribution in [2.45, 2.75) is 47.1 Å². The molecule has 0 unspecified atom stereocenters. The Morgan fingerprint density at radius 2 is 1.79 bits per heavy atom. The number of para-hydroxylation sites is 1. The highest BCUT2D eigenvalue weighted by Gasteiger charge is 2.15. The summed E-state index contributed by atoms with van der Waals surface area (Å²) in [5.41, 5.74) is 3.37. The van der Waals surface area contributed by atoms with Crippen LogP contribution in [0, 0.1) is 6.92 Å². The molecule has 3 rings (SSSR count). The lowest BCUT2D eigenvalue weighted by molar-refractivity contribution is -0.140. The number of carbonyl (C=O) groups is 2. The number of carbonyl (C=O) groups excluding carboxylic acids is 2. The molecule has 0 atom stereocenters. The minimum absolute atomic E-state index is 0.0703. The zero-order valence-corrected chi connectivity index (χ0v) is 21.0. The smallest absolute Gasteiger partial charge is 0.305 e. The largest absolute Gasteiger partial charge is 0.489 e. The quantitative estimate of drug-likeness (QED) is 0.273. The molecule has 0 saturated heterocycles. The van der Waals surface area contributed by atoms with E-state index in [-0.39, 0.29) is 11.9 Å². The number of fused-ring (bicyclic) bond motifs is 1. The average molecular weight is 466 g/mol. The van der Waals surface area contributed by atoms with Gasteiger partial charge in [0.05, 0.1) is 7.11 Å². The van der Waals surface area contributed by atoms with Crippen LogP contribution in [0.3, 0.4) is 0 Å². The molecule has 0 radical (unpaired) electrons. The Kier molecular flexibility index (Phi) is 10.4. The number of ether oxygens (including phenoxy) is 2. The second-order valence-electron chi connectivity index (χ2n) is 7.82. The first-order chi connectivity index (χ1) is 16.4. The third-order valence-corrected chi connectivity index (χ3v) is 5.24. The van der Waals surface area contributed by atoms with Crippen molar-refractivity contribution in [2.75, 3.05) is 20.8 Å². The Morgan fingerprint density at radius 1 is 1.06 bits per heavy atom. The Labute approximate surface area is 202 Å².